The van der Waals surface area contributed by atoms with Crippen LogP contribution in [0.4, 0.5) is 0 Å². The van der Waals surface area contributed by atoms with E-state index in [4.69, 9.17) is 0 Å². The molecule has 1 fully saturated rings. The first-order valence-electron chi connectivity index (χ1n) is 9.57. The van der Waals surface area contributed by atoms with Crippen LogP contribution in [-0.2, 0) is 16.0 Å². The number of piperidine rings is 1. The molecule has 2 amide bonds. The van der Waals surface area contributed by atoms with E-state index in [1.54, 1.807) is 6.33 Å². The molecule has 2 N–H and O–H groups in total. The highest BCUT2D eigenvalue weighted by molar-refractivity contribution is 5.89. The first-order valence-corrected chi connectivity index (χ1v) is 9.57. The second-order valence-corrected chi connectivity index (χ2v) is 7.25. The zero-order valence-corrected chi connectivity index (χ0v) is 15.8. The maximum atomic E-state index is 13.2. The molecule has 0 unspecified atom stereocenters. The van der Waals surface area contributed by atoms with Crippen molar-refractivity contribution in [2.24, 2.45) is 0 Å². The van der Waals surface area contributed by atoms with Gasteiger partial charge in [-0.2, -0.15) is 5.10 Å². The van der Waals surface area contributed by atoms with E-state index in [0.717, 1.165) is 29.3 Å². The van der Waals surface area contributed by atoms with Gasteiger partial charge >= 0.3 is 0 Å². The molecule has 1 aliphatic heterocycles. The summed E-state index contributed by atoms with van der Waals surface area (Å²) in [6.07, 6.45) is 7.30. The molecule has 1 aromatic carbocycles. The number of fused-ring (bicyclic) bond motifs is 1. The summed E-state index contributed by atoms with van der Waals surface area (Å²) in [6.45, 7) is 2.74. The Morgan fingerprint density at radius 1 is 1.29 bits per heavy atom. The first kappa shape index (κ1) is 18.2. The van der Waals surface area contributed by atoms with Crippen molar-refractivity contribution in [3.63, 3.8) is 0 Å². The van der Waals surface area contributed by atoms with Gasteiger partial charge in [-0.15, -0.1) is 0 Å². The zero-order valence-electron chi connectivity index (χ0n) is 15.8. The highest BCUT2D eigenvalue weighted by Crippen LogP contribution is 2.23. The van der Waals surface area contributed by atoms with Gasteiger partial charge in [0.05, 0.1) is 6.04 Å². The summed E-state index contributed by atoms with van der Waals surface area (Å²) >= 11 is 0. The van der Waals surface area contributed by atoms with Crippen molar-refractivity contribution in [3.05, 3.63) is 48.7 Å². The van der Waals surface area contributed by atoms with Crippen LogP contribution < -0.4 is 5.32 Å². The van der Waals surface area contributed by atoms with E-state index in [9.17, 15) is 9.59 Å². The van der Waals surface area contributed by atoms with Crippen LogP contribution in [-0.4, -0.2) is 55.6 Å². The number of amides is 2. The minimum Gasteiger partial charge on any atom is -0.361 e. The molecule has 3 aromatic rings. The molecule has 8 heteroatoms. The highest BCUT2D eigenvalue weighted by Gasteiger charge is 2.30. The van der Waals surface area contributed by atoms with E-state index in [2.05, 4.69) is 20.4 Å². The van der Waals surface area contributed by atoms with Gasteiger partial charge in [-0.1, -0.05) is 18.2 Å². The minimum absolute atomic E-state index is 0.0301. The summed E-state index contributed by atoms with van der Waals surface area (Å²) in [7, 11) is 0. The van der Waals surface area contributed by atoms with E-state index in [1.165, 1.54) is 13.3 Å². The Labute approximate surface area is 162 Å². The highest BCUT2D eigenvalue weighted by atomic mass is 16.2. The monoisotopic (exact) mass is 380 g/mol. The summed E-state index contributed by atoms with van der Waals surface area (Å²) in [4.78, 5) is 34.0. The van der Waals surface area contributed by atoms with E-state index in [1.807, 2.05) is 40.0 Å². The molecule has 146 valence electrons. The summed E-state index contributed by atoms with van der Waals surface area (Å²) in [6, 6.07) is 7.67. The number of nitrogens with zero attached hydrogens (tertiary/aromatic N) is 4. The number of hydrogen-bond acceptors (Lipinski definition) is 4. The fourth-order valence-electron chi connectivity index (χ4n) is 3.94. The number of para-hydroxylation sites is 1. The summed E-state index contributed by atoms with van der Waals surface area (Å²) in [5, 5.41) is 8.13. The number of carbonyl (C=O) groups excluding carboxylic acids is 2. The van der Waals surface area contributed by atoms with E-state index >= 15 is 0 Å². The van der Waals surface area contributed by atoms with Crippen LogP contribution >= 0.6 is 0 Å². The number of H-pyrrole nitrogens is 1. The van der Waals surface area contributed by atoms with E-state index < -0.39 is 6.04 Å². The Bertz CT molecular complexity index is 956. The Morgan fingerprint density at radius 2 is 2.07 bits per heavy atom. The first-order chi connectivity index (χ1) is 13.6. The fourth-order valence-corrected chi connectivity index (χ4v) is 3.94. The van der Waals surface area contributed by atoms with Gasteiger partial charge in [0.15, 0.2) is 0 Å². The second kappa shape index (κ2) is 7.84. The van der Waals surface area contributed by atoms with Gasteiger partial charge < -0.3 is 15.2 Å². The Hall–Kier alpha value is -3.16. The number of rotatable bonds is 5. The predicted molar refractivity (Wildman–Crippen MR) is 104 cm³/mol. The van der Waals surface area contributed by atoms with Gasteiger partial charge in [-0.25, -0.2) is 9.67 Å². The molecule has 0 radical (unpaired) electrons. The van der Waals surface area contributed by atoms with E-state index in [-0.39, 0.29) is 17.9 Å². The molecule has 2 aromatic heterocycles. The van der Waals surface area contributed by atoms with Crippen molar-refractivity contribution in [2.45, 2.75) is 38.3 Å². The van der Waals surface area contributed by atoms with Crippen LogP contribution in [0.1, 0.15) is 31.4 Å². The lowest BCUT2D eigenvalue weighted by Crippen LogP contribution is -2.51. The number of benzene rings is 1. The van der Waals surface area contributed by atoms with Crippen LogP contribution in [0.25, 0.3) is 10.9 Å². The average Bonchev–Trinajstić information content (AvgIpc) is 3.37. The number of hydrogen-bond donors (Lipinski definition) is 2. The van der Waals surface area contributed by atoms with Crippen molar-refractivity contribution in [1.82, 2.24) is 30.0 Å². The normalized spacial score (nSPS) is 16.2. The van der Waals surface area contributed by atoms with Gasteiger partial charge in [0.25, 0.3) is 0 Å². The molecular weight excluding hydrogens is 356 g/mol. The Balaban J connectivity index is 1.46. The zero-order chi connectivity index (χ0) is 19.5. The Morgan fingerprint density at radius 3 is 2.79 bits per heavy atom. The van der Waals surface area contributed by atoms with Crippen LogP contribution in [0.15, 0.2) is 43.1 Å². The summed E-state index contributed by atoms with van der Waals surface area (Å²) < 4.78 is 1.86. The van der Waals surface area contributed by atoms with Crippen LogP contribution in [0, 0.1) is 0 Å². The van der Waals surface area contributed by atoms with Crippen molar-refractivity contribution < 1.29 is 9.59 Å². The third kappa shape index (κ3) is 3.76. The lowest BCUT2D eigenvalue weighted by Gasteiger charge is -2.34. The minimum atomic E-state index is -0.570. The maximum Gasteiger partial charge on any atom is 0.245 e. The van der Waals surface area contributed by atoms with Crippen LogP contribution in [0.5, 0.6) is 0 Å². The SMILES string of the molecule is CC(=O)N[C@H](Cc1c[nH]c2ccccc12)C(=O)N1CCC(n2cncn2)CC1. The average molecular weight is 380 g/mol. The van der Waals surface area contributed by atoms with Gasteiger partial charge in [-0.05, 0) is 24.5 Å². The predicted octanol–water partition coefficient (Wildman–Crippen LogP) is 1.67. The number of aromatic amines is 1. The van der Waals surface area contributed by atoms with Gasteiger partial charge in [0.1, 0.15) is 18.7 Å². The molecule has 3 heterocycles. The molecule has 0 spiro atoms. The van der Waals surface area contributed by atoms with Crippen molar-refractivity contribution in [2.75, 3.05) is 13.1 Å². The van der Waals surface area contributed by atoms with Gasteiger partial charge in [-0.3, -0.25) is 9.59 Å². The van der Waals surface area contributed by atoms with E-state index in [0.29, 0.717) is 19.5 Å². The van der Waals surface area contributed by atoms with Crippen LogP contribution in [0.3, 0.4) is 0 Å². The Kier molecular flexibility index (Phi) is 5.10. The van der Waals surface area contributed by atoms with Crippen LogP contribution in [0.2, 0.25) is 0 Å². The second-order valence-electron chi connectivity index (χ2n) is 7.25. The summed E-state index contributed by atoms with van der Waals surface area (Å²) in [5.41, 5.74) is 2.06. The molecule has 1 aliphatic rings. The molecule has 8 nitrogen and oxygen atoms in total. The largest absolute Gasteiger partial charge is 0.361 e. The van der Waals surface area contributed by atoms with Crippen molar-refractivity contribution in [3.8, 4) is 0 Å². The molecule has 0 aliphatic carbocycles. The lowest BCUT2D eigenvalue weighted by molar-refractivity contribution is -0.137. The molecule has 1 atom stereocenters. The summed E-state index contributed by atoms with van der Waals surface area (Å²) in [5.74, 6) is -0.229. The van der Waals surface area contributed by atoms with Crippen molar-refractivity contribution >= 4 is 22.7 Å². The standard InChI is InChI=1S/C20H24N6O2/c1-14(27)24-19(10-15-11-22-18-5-3-2-4-17(15)18)20(28)25-8-6-16(7-9-25)26-13-21-12-23-26/h2-5,11-13,16,19,22H,6-10H2,1H3,(H,24,27)/t19-/m1/s1. The fraction of sp³-hybridized carbons (Fsp3) is 0.400. The smallest absolute Gasteiger partial charge is 0.245 e. The third-order valence-corrected chi connectivity index (χ3v) is 5.36. The quantitative estimate of drug-likeness (QED) is 0.704. The molecule has 0 bridgehead atoms. The molecule has 1 saturated heterocycles. The third-order valence-electron chi connectivity index (χ3n) is 5.36. The number of aromatic nitrogens is 4. The lowest BCUT2D eigenvalue weighted by atomic mass is 10.0. The molecular formula is C20H24N6O2. The maximum absolute atomic E-state index is 13.2. The molecule has 0 saturated carbocycles. The topological polar surface area (TPSA) is 95.9 Å². The van der Waals surface area contributed by atoms with Crippen molar-refractivity contribution in [1.29, 1.82) is 0 Å². The van der Waals surface area contributed by atoms with Gasteiger partial charge in [0.2, 0.25) is 11.8 Å². The molecule has 28 heavy (non-hydrogen) atoms. The number of nitrogens with one attached hydrogen (secondary N) is 2. The van der Waals surface area contributed by atoms with Gasteiger partial charge in [0, 0.05) is 43.5 Å². The number of likely N-dealkylation sites (tertiary alicyclic amines) is 1. The number of carbonyl (C=O) groups is 2. The molecule has 4 rings (SSSR count).